The normalized spacial score (nSPS) is 14.3. The lowest BCUT2D eigenvalue weighted by Gasteiger charge is -2.43. The monoisotopic (exact) mass is 411 g/mol. The number of carbonyl (C=O) groups excluding carboxylic acids is 1. The fourth-order valence-corrected chi connectivity index (χ4v) is 6.53. The average molecular weight is 412 g/mol. The molecule has 28 heavy (non-hydrogen) atoms. The number of methoxy groups -OCH3 is 1. The zero-order valence-corrected chi connectivity index (χ0v) is 17.7. The Kier molecular flexibility index (Phi) is 4.85. The first-order chi connectivity index (χ1) is 13.4. The molecule has 1 aliphatic heterocycles. The molecule has 2 aromatic carbocycles. The van der Waals surface area contributed by atoms with Crippen molar-refractivity contribution in [3.8, 4) is 16.9 Å². The second-order valence-electron chi connectivity index (χ2n) is 7.29. The Morgan fingerprint density at radius 1 is 1.07 bits per heavy atom. The number of rotatable bonds is 4. The minimum Gasteiger partial charge on any atom is -0.495 e. The van der Waals surface area contributed by atoms with Crippen LogP contribution in [0.5, 0.6) is 5.75 Å². The van der Waals surface area contributed by atoms with Gasteiger partial charge in [0.2, 0.25) is 5.91 Å². The molecule has 2 heterocycles. The number of hydrogen-bond acceptors (Lipinski definition) is 5. The molecule has 0 radical (unpaired) electrons. The van der Waals surface area contributed by atoms with Gasteiger partial charge in [0.05, 0.1) is 28.8 Å². The molecule has 0 fully saturated rings. The van der Waals surface area contributed by atoms with Crippen LogP contribution in [0.15, 0.2) is 53.3 Å². The van der Waals surface area contributed by atoms with E-state index in [4.69, 9.17) is 4.74 Å². The highest BCUT2D eigenvalue weighted by molar-refractivity contribution is 7.68. The molecule has 0 N–H and O–H groups in total. The van der Waals surface area contributed by atoms with Crippen LogP contribution >= 0.6 is 20.7 Å². The SMILES string of the molecule is COc1cccc2c1N(C(=O)CCc1ccccc1)C(C)(C)c1ssc(=O)c1-2. The Labute approximate surface area is 171 Å². The van der Waals surface area contributed by atoms with Gasteiger partial charge in [0.25, 0.3) is 4.74 Å². The van der Waals surface area contributed by atoms with Gasteiger partial charge >= 0.3 is 0 Å². The number of nitrogens with zero attached hydrogens (tertiary/aromatic N) is 1. The van der Waals surface area contributed by atoms with E-state index in [1.807, 2.05) is 67.3 Å². The predicted octanol–water partition coefficient (Wildman–Crippen LogP) is 5.06. The Hall–Kier alpha value is -2.44. The third kappa shape index (κ3) is 2.97. The summed E-state index contributed by atoms with van der Waals surface area (Å²) in [5.74, 6) is 0.635. The van der Waals surface area contributed by atoms with E-state index in [1.54, 1.807) is 7.11 Å². The lowest BCUT2D eigenvalue weighted by molar-refractivity contribution is -0.119. The molecule has 0 unspecified atom stereocenters. The van der Waals surface area contributed by atoms with Crippen molar-refractivity contribution < 1.29 is 9.53 Å². The summed E-state index contributed by atoms with van der Waals surface area (Å²) in [4.78, 5) is 28.8. The summed E-state index contributed by atoms with van der Waals surface area (Å²) in [6.45, 7) is 4.01. The van der Waals surface area contributed by atoms with Crippen LogP contribution in [0.25, 0.3) is 11.1 Å². The molecule has 3 aromatic rings. The molecule has 0 aliphatic carbocycles. The summed E-state index contributed by atoms with van der Waals surface area (Å²) in [6.07, 6.45) is 1.06. The molecule has 0 atom stereocenters. The number of fused-ring (bicyclic) bond motifs is 3. The Bertz CT molecular complexity index is 1080. The van der Waals surface area contributed by atoms with Crippen LogP contribution in [-0.4, -0.2) is 13.0 Å². The summed E-state index contributed by atoms with van der Waals surface area (Å²) in [7, 11) is 4.29. The van der Waals surface area contributed by atoms with E-state index in [2.05, 4.69) is 0 Å². The lowest BCUT2D eigenvalue weighted by Crippen LogP contribution is -2.48. The van der Waals surface area contributed by atoms with E-state index in [0.717, 1.165) is 16.0 Å². The van der Waals surface area contributed by atoms with Crippen molar-refractivity contribution in [2.45, 2.75) is 32.2 Å². The number of hydrogen-bond donors (Lipinski definition) is 0. The fourth-order valence-electron chi connectivity index (χ4n) is 3.84. The molecule has 0 saturated carbocycles. The first-order valence-electron chi connectivity index (χ1n) is 9.13. The van der Waals surface area contributed by atoms with Crippen LogP contribution in [0.3, 0.4) is 0 Å². The molecule has 4 rings (SSSR count). The van der Waals surface area contributed by atoms with E-state index in [0.29, 0.717) is 29.8 Å². The minimum atomic E-state index is -0.617. The number of aryl methyl sites for hydroxylation is 1. The molecule has 4 nitrogen and oxygen atoms in total. The Morgan fingerprint density at radius 2 is 1.82 bits per heavy atom. The second-order valence-corrected chi connectivity index (χ2v) is 9.40. The first-order valence-corrected chi connectivity index (χ1v) is 11.3. The molecule has 144 valence electrons. The highest BCUT2D eigenvalue weighted by Crippen LogP contribution is 2.52. The van der Waals surface area contributed by atoms with Crippen molar-refractivity contribution in [3.63, 3.8) is 0 Å². The summed E-state index contributed by atoms with van der Waals surface area (Å²) >= 11 is 0. The third-order valence-corrected chi connectivity index (χ3v) is 7.69. The number of amides is 1. The summed E-state index contributed by atoms with van der Waals surface area (Å²) in [5.41, 5.74) is 2.70. The van der Waals surface area contributed by atoms with Crippen LogP contribution in [0.4, 0.5) is 5.69 Å². The van der Waals surface area contributed by atoms with E-state index in [-0.39, 0.29) is 10.6 Å². The van der Waals surface area contributed by atoms with Crippen molar-refractivity contribution in [1.29, 1.82) is 0 Å². The van der Waals surface area contributed by atoms with Gasteiger partial charge in [-0.25, -0.2) is 0 Å². The largest absolute Gasteiger partial charge is 0.495 e. The summed E-state index contributed by atoms with van der Waals surface area (Å²) < 4.78 is 5.63. The third-order valence-electron chi connectivity index (χ3n) is 5.18. The quantitative estimate of drug-likeness (QED) is 0.564. The van der Waals surface area contributed by atoms with Gasteiger partial charge in [-0.3, -0.25) is 14.5 Å². The van der Waals surface area contributed by atoms with Gasteiger partial charge in [-0.15, -0.1) is 0 Å². The average Bonchev–Trinajstić information content (AvgIpc) is 3.09. The van der Waals surface area contributed by atoms with Crippen molar-refractivity contribution in [3.05, 3.63) is 68.5 Å². The molecular formula is C22H21NO3S2. The molecule has 1 amide bonds. The van der Waals surface area contributed by atoms with Crippen molar-refractivity contribution in [1.82, 2.24) is 0 Å². The smallest absolute Gasteiger partial charge is 0.251 e. The topological polar surface area (TPSA) is 46.6 Å². The van der Waals surface area contributed by atoms with Gasteiger partial charge < -0.3 is 4.74 Å². The molecule has 0 spiro atoms. The highest BCUT2D eigenvalue weighted by Gasteiger charge is 2.44. The van der Waals surface area contributed by atoms with Gasteiger partial charge in [0.1, 0.15) is 5.75 Å². The van der Waals surface area contributed by atoms with Gasteiger partial charge in [-0.05, 0) is 42.2 Å². The van der Waals surface area contributed by atoms with E-state index in [1.165, 1.54) is 20.7 Å². The molecule has 1 aliphatic rings. The van der Waals surface area contributed by atoms with Gasteiger partial charge in [0, 0.05) is 12.0 Å². The van der Waals surface area contributed by atoms with E-state index in [9.17, 15) is 9.59 Å². The predicted molar refractivity (Wildman–Crippen MR) is 116 cm³/mol. The van der Waals surface area contributed by atoms with Crippen LogP contribution in [0.1, 0.15) is 30.7 Å². The van der Waals surface area contributed by atoms with E-state index < -0.39 is 5.54 Å². The summed E-state index contributed by atoms with van der Waals surface area (Å²) in [6, 6.07) is 15.6. The maximum absolute atomic E-state index is 13.4. The summed E-state index contributed by atoms with van der Waals surface area (Å²) in [5, 5.41) is 0. The van der Waals surface area contributed by atoms with Crippen LogP contribution in [0.2, 0.25) is 0 Å². The molecule has 0 bridgehead atoms. The minimum absolute atomic E-state index is 0.0242. The molecular weight excluding hydrogens is 390 g/mol. The van der Waals surface area contributed by atoms with E-state index >= 15 is 0 Å². The first kappa shape index (κ1) is 18.9. The Morgan fingerprint density at radius 3 is 2.54 bits per heavy atom. The zero-order valence-electron chi connectivity index (χ0n) is 16.0. The van der Waals surface area contributed by atoms with Crippen molar-refractivity contribution >= 4 is 32.3 Å². The molecule has 0 saturated heterocycles. The van der Waals surface area contributed by atoms with Gasteiger partial charge in [-0.1, -0.05) is 52.8 Å². The lowest BCUT2D eigenvalue weighted by atomic mass is 9.86. The number of benzene rings is 2. The second kappa shape index (κ2) is 7.18. The van der Waals surface area contributed by atoms with Crippen molar-refractivity contribution in [2.75, 3.05) is 12.0 Å². The number of ether oxygens (including phenoxy) is 1. The molecule has 6 heteroatoms. The number of para-hydroxylation sites is 1. The maximum atomic E-state index is 13.4. The zero-order chi connectivity index (χ0) is 19.9. The van der Waals surface area contributed by atoms with Crippen molar-refractivity contribution in [2.24, 2.45) is 0 Å². The molecule has 1 aromatic heterocycles. The van der Waals surface area contributed by atoms with Gasteiger partial charge in [0.15, 0.2) is 0 Å². The highest BCUT2D eigenvalue weighted by atomic mass is 32.9. The van der Waals surface area contributed by atoms with Crippen LogP contribution in [0, 0.1) is 0 Å². The van der Waals surface area contributed by atoms with Crippen LogP contribution < -0.4 is 14.4 Å². The number of carbonyl (C=O) groups is 1. The standard InChI is InChI=1S/C22H21NO3S2/c1-22(2)20-18(21(25)28-27-20)15-10-7-11-16(26-3)19(15)23(22)17(24)13-12-14-8-5-4-6-9-14/h4-11H,12-13H2,1-3H3. The number of anilines is 1. The van der Waals surface area contributed by atoms with Gasteiger partial charge in [-0.2, -0.15) is 0 Å². The van der Waals surface area contributed by atoms with Crippen LogP contribution in [-0.2, 0) is 16.8 Å². The Balaban J connectivity index is 1.81. The fraction of sp³-hybridized carbons (Fsp3) is 0.273. The maximum Gasteiger partial charge on any atom is 0.251 e.